The maximum absolute atomic E-state index is 6.12. The van der Waals surface area contributed by atoms with Crippen molar-refractivity contribution >= 4 is 46.5 Å². The average molecular weight is 417 g/mol. The number of hydrogen-bond donors (Lipinski definition) is 2. The number of rotatable bonds is 6. The van der Waals surface area contributed by atoms with E-state index in [1.807, 2.05) is 6.07 Å². The van der Waals surface area contributed by atoms with Crippen LogP contribution in [0.3, 0.4) is 0 Å². The van der Waals surface area contributed by atoms with Gasteiger partial charge in [-0.15, -0.1) is 0 Å². The van der Waals surface area contributed by atoms with Gasteiger partial charge in [0.25, 0.3) is 0 Å². The van der Waals surface area contributed by atoms with Crippen LogP contribution in [0.2, 0.25) is 5.02 Å². The van der Waals surface area contributed by atoms with Crippen LogP contribution in [0.5, 0.6) is 5.75 Å². The molecule has 148 valence electrons. The van der Waals surface area contributed by atoms with Gasteiger partial charge in [0.1, 0.15) is 5.75 Å². The Labute approximate surface area is 176 Å². The Morgan fingerprint density at radius 1 is 1.32 bits per heavy atom. The molecule has 3 rings (SSSR count). The van der Waals surface area contributed by atoms with E-state index in [4.69, 9.17) is 28.6 Å². The molecular formula is C21H25ClN4OS. The molecule has 2 aromatic rings. The highest BCUT2D eigenvalue weighted by atomic mass is 35.5. The SMILES string of the molecule is CCCN1CCCc2cc(C=NNC(=S)Nc3ccc(OC)c(Cl)c3)ccc21. The molecule has 0 aliphatic carbocycles. The second-order valence-corrected chi connectivity index (χ2v) is 7.47. The smallest absolute Gasteiger partial charge is 0.191 e. The molecule has 1 aliphatic rings. The number of fused-ring (bicyclic) bond motifs is 1. The third-order valence-corrected chi connectivity index (χ3v) is 5.09. The lowest BCUT2D eigenvalue weighted by atomic mass is 9.99. The summed E-state index contributed by atoms with van der Waals surface area (Å²) in [5, 5.41) is 8.21. The molecule has 5 nitrogen and oxygen atoms in total. The molecule has 0 bridgehead atoms. The quantitative estimate of drug-likeness (QED) is 0.401. The summed E-state index contributed by atoms with van der Waals surface area (Å²) in [6.45, 7) is 4.47. The lowest BCUT2D eigenvalue weighted by Gasteiger charge is -2.31. The minimum Gasteiger partial charge on any atom is -0.495 e. The third kappa shape index (κ3) is 5.14. The van der Waals surface area contributed by atoms with E-state index in [0.717, 1.165) is 37.2 Å². The van der Waals surface area contributed by atoms with Gasteiger partial charge in [0, 0.05) is 24.5 Å². The van der Waals surface area contributed by atoms with Crippen LogP contribution in [0.1, 0.15) is 30.9 Å². The number of thiocarbonyl (C=S) groups is 1. The zero-order chi connectivity index (χ0) is 19.9. The number of halogens is 1. The summed E-state index contributed by atoms with van der Waals surface area (Å²) in [7, 11) is 1.58. The molecule has 28 heavy (non-hydrogen) atoms. The van der Waals surface area contributed by atoms with Crippen LogP contribution in [0.15, 0.2) is 41.5 Å². The Balaban J connectivity index is 1.58. The summed E-state index contributed by atoms with van der Waals surface area (Å²) in [4.78, 5) is 2.47. The van der Waals surface area contributed by atoms with Crippen LogP contribution < -0.4 is 20.4 Å². The monoisotopic (exact) mass is 416 g/mol. The van der Waals surface area contributed by atoms with Crippen molar-refractivity contribution in [3.63, 3.8) is 0 Å². The van der Waals surface area contributed by atoms with Gasteiger partial charge >= 0.3 is 0 Å². The van der Waals surface area contributed by atoms with Crippen LogP contribution in [-0.2, 0) is 6.42 Å². The van der Waals surface area contributed by atoms with E-state index < -0.39 is 0 Å². The highest BCUT2D eigenvalue weighted by molar-refractivity contribution is 7.80. The minimum atomic E-state index is 0.393. The summed E-state index contributed by atoms with van der Waals surface area (Å²) in [5.41, 5.74) is 7.40. The Morgan fingerprint density at radius 3 is 2.93 bits per heavy atom. The average Bonchev–Trinajstić information content (AvgIpc) is 2.68. The lowest BCUT2D eigenvalue weighted by molar-refractivity contribution is 0.415. The Hall–Kier alpha value is -2.31. The number of nitrogens with one attached hydrogen (secondary N) is 2. The molecule has 0 saturated carbocycles. The van der Waals surface area contributed by atoms with Crippen LogP contribution in [0.4, 0.5) is 11.4 Å². The Kier molecular flexibility index (Phi) is 7.12. The van der Waals surface area contributed by atoms with E-state index in [1.165, 1.54) is 17.7 Å². The zero-order valence-corrected chi connectivity index (χ0v) is 17.7. The van der Waals surface area contributed by atoms with Crippen molar-refractivity contribution in [3.8, 4) is 5.75 Å². The first kappa shape index (κ1) is 20.4. The van der Waals surface area contributed by atoms with Crippen molar-refractivity contribution in [1.29, 1.82) is 0 Å². The molecule has 0 aromatic heterocycles. The molecule has 7 heteroatoms. The number of nitrogens with zero attached hydrogens (tertiary/aromatic N) is 2. The molecule has 0 radical (unpaired) electrons. The van der Waals surface area contributed by atoms with Crippen LogP contribution >= 0.6 is 23.8 Å². The number of hydrazone groups is 1. The topological polar surface area (TPSA) is 48.9 Å². The maximum atomic E-state index is 6.12. The maximum Gasteiger partial charge on any atom is 0.191 e. The zero-order valence-electron chi connectivity index (χ0n) is 16.2. The van der Waals surface area contributed by atoms with E-state index in [-0.39, 0.29) is 0 Å². The molecule has 1 aliphatic heterocycles. The lowest BCUT2D eigenvalue weighted by Crippen LogP contribution is -2.30. The van der Waals surface area contributed by atoms with Crippen LogP contribution in [0, 0.1) is 0 Å². The third-order valence-electron chi connectivity index (χ3n) is 4.60. The molecular weight excluding hydrogens is 392 g/mol. The number of benzene rings is 2. The van der Waals surface area contributed by atoms with Crippen LogP contribution in [-0.4, -0.2) is 31.5 Å². The molecule has 1 heterocycles. The standard InChI is InChI=1S/C21H25ClN4OS/c1-3-10-26-11-4-5-16-12-15(6-8-19(16)26)14-23-25-21(28)24-17-7-9-20(27-2)18(22)13-17/h6-9,12-14H,3-5,10-11H2,1-2H3,(H2,24,25,28). The Morgan fingerprint density at radius 2 is 2.18 bits per heavy atom. The summed E-state index contributed by atoms with van der Waals surface area (Å²) < 4.78 is 5.14. The van der Waals surface area contributed by atoms with Gasteiger partial charge in [-0.2, -0.15) is 5.10 Å². The van der Waals surface area contributed by atoms with Crippen molar-refractivity contribution in [1.82, 2.24) is 5.43 Å². The fourth-order valence-corrected chi connectivity index (χ4v) is 3.77. The number of methoxy groups -OCH3 is 1. The Bertz CT molecular complexity index is 871. The first-order chi connectivity index (χ1) is 13.6. The van der Waals surface area contributed by atoms with E-state index in [2.05, 4.69) is 45.9 Å². The van der Waals surface area contributed by atoms with Gasteiger partial charge in [-0.1, -0.05) is 24.6 Å². The van der Waals surface area contributed by atoms with Crippen LogP contribution in [0.25, 0.3) is 0 Å². The highest BCUT2D eigenvalue weighted by Crippen LogP contribution is 2.28. The number of aryl methyl sites for hydroxylation is 1. The fourth-order valence-electron chi connectivity index (χ4n) is 3.35. The van der Waals surface area contributed by atoms with Crippen molar-refractivity contribution in [3.05, 3.63) is 52.5 Å². The van der Waals surface area contributed by atoms with Crippen molar-refractivity contribution in [2.45, 2.75) is 26.2 Å². The van der Waals surface area contributed by atoms with Gasteiger partial charge in [-0.05, 0) is 72.9 Å². The van der Waals surface area contributed by atoms with E-state index in [1.54, 1.807) is 25.5 Å². The van der Waals surface area contributed by atoms with Gasteiger partial charge in [0.05, 0.1) is 18.3 Å². The molecule has 0 fully saturated rings. The predicted octanol–water partition coefficient (Wildman–Crippen LogP) is 4.83. The van der Waals surface area contributed by atoms with Crippen molar-refractivity contribution < 1.29 is 4.74 Å². The van der Waals surface area contributed by atoms with Gasteiger partial charge in [0.2, 0.25) is 0 Å². The molecule has 0 atom stereocenters. The predicted molar refractivity (Wildman–Crippen MR) is 122 cm³/mol. The number of hydrogen-bond acceptors (Lipinski definition) is 4. The minimum absolute atomic E-state index is 0.393. The normalized spacial score (nSPS) is 13.3. The number of ether oxygens (including phenoxy) is 1. The molecule has 2 aromatic carbocycles. The van der Waals surface area contributed by atoms with E-state index in [0.29, 0.717) is 15.9 Å². The largest absolute Gasteiger partial charge is 0.495 e. The van der Waals surface area contributed by atoms with E-state index >= 15 is 0 Å². The second-order valence-electron chi connectivity index (χ2n) is 6.65. The van der Waals surface area contributed by atoms with Gasteiger partial charge < -0.3 is 15.0 Å². The first-order valence-corrected chi connectivity index (χ1v) is 10.2. The molecule has 0 unspecified atom stereocenters. The van der Waals surface area contributed by atoms with E-state index in [9.17, 15) is 0 Å². The molecule has 0 saturated heterocycles. The summed E-state index contributed by atoms with van der Waals surface area (Å²) in [6, 6.07) is 11.9. The summed E-state index contributed by atoms with van der Waals surface area (Å²) in [6.07, 6.45) is 5.26. The summed E-state index contributed by atoms with van der Waals surface area (Å²) >= 11 is 11.4. The van der Waals surface area contributed by atoms with Crippen molar-refractivity contribution in [2.24, 2.45) is 5.10 Å². The fraction of sp³-hybridized carbons (Fsp3) is 0.333. The van der Waals surface area contributed by atoms with Crippen molar-refractivity contribution in [2.75, 3.05) is 30.4 Å². The van der Waals surface area contributed by atoms with Gasteiger partial charge in [-0.25, -0.2) is 0 Å². The molecule has 0 amide bonds. The van der Waals surface area contributed by atoms with Gasteiger partial charge in [-0.3, -0.25) is 5.43 Å². The second kappa shape index (κ2) is 9.75. The first-order valence-electron chi connectivity index (χ1n) is 9.42. The molecule has 2 N–H and O–H groups in total. The highest BCUT2D eigenvalue weighted by Gasteiger charge is 2.15. The summed E-state index contributed by atoms with van der Waals surface area (Å²) in [5.74, 6) is 0.619. The molecule has 0 spiro atoms. The number of anilines is 2. The van der Waals surface area contributed by atoms with Gasteiger partial charge in [0.15, 0.2) is 5.11 Å².